The van der Waals surface area contributed by atoms with Crippen molar-refractivity contribution in [2.75, 3.05) is 18.1 Å². The van der Waals surface area contributed by atoms with Gasteiger partial charge in [-0.25, -0.2) is 8.42 Å². The smallest absolute Gasteiger partial charge is 0.311 e. The Hall–Kier alpha value is -1.35. The summed E-state index contributed by atoms with van der Waals surface area (Å²) in [5, 5.41) is 2.89. The van der Waals surface area contributed by atoms with Crippen LogP contribution in [0.2, 0.25) is 0 Å². The first-order valence-corrected chi connectivity index (χ1v) is 8.22. The zero-order valence-electron chi connectivity index (χ0n) is 11.1. The second kappa shape index (κ2) is 5.80. The molecule has 1 aromatic rings. The molecular weight excluding hydrogens is 309 g/mol. The van der Waals surface area contributed by atoms with E-state index in [0.717, 1.165) is 18.2 Å². The molecule has 0 bridgehead atoms. The Labute approximate surface area is 119 Å². The summed E-state index contributed by atoms with van der Waals surface area (Å²) in [5.41, 5.74) is -1.73. The van der Waals surface area contributed by atoms with Crippen molar-refractivity contribution in [3.05, 3.63) is 34.2 Å². The van der Waals surface area contributed by atoms with E-state index in [0.29, 0.717) is 11.0 Å². The lowest BCUT2D eigenvalue weighted by molar-refractivity contribution is -0.144. The van der Waals surface area contributed by atoms with Crippen LogP contribution in [0.5, 0.6) is 0 Å². The van der Waals surface area contributed by atoms with E-state index in [-0.39, 0.29) is 30.6 Å². The first-order chi connectivity index (χ1) is 9.69. The Bertz CT molecular complexity index is 667. The third-order valence-corrected chi connectivity index (χ3v) is 5.11. The molecule has 1 unspecified atom stereocenters. The maximum Gasteiger partial charge on any atom is 0.431 e. The molecule has 1 aromatic heterocycles. The van der Waals surface area contributed by atoms with Crippen molar-refractivity contribution in [2.24, 2.45) is 0 Å². The third-order valence-electron chi connectivity index (χ3n) is 3.34. The van der Waals surface area contributed by atoms with Gasteiger partial charge in [0.15, 0.2) is 9.84 Å². The van der Waals surface area contributed by atoms with Gasteiger partial charge in [0.1, 0.15) is 5.69 Å². The summed E-state index contributed by atoms with van der Waals surface area (Å²) in [6.07, 6.45) is -4.16. The predicted molar refractivity (Wildman–Crippen MR) is 70.8 cm³/mol. The van der Waals surface area contributed by atoms with E-state index in [1.807, 2.05) is 0 Å². The number of pyridine rings is 1. The molecule has 118 valence electrons. The van der Waals surface area contributed by atoms with Crippen molar-refractivity contribution in [1.29, 1.82) is 0 Å². The van der Waals surface area contributed by atoms with Crippen molar-refractivity contribution in [3.63, 3.8) is 0 Å². The van der Waals surface area contributed by atoms with Crippen LogP contribution in [0.25, 0.3) is 0 Å². The van der Waals surface area contributed by atoms with Crippen molar-refractivity contribution in [2.45, 2.75) is 25.2 Å². The van der Waals surface area contributed by atoms with E-state index >= 15 is 0 Å². The average Bonchev–Trinajstić information content (AvgIpc) is 2.69. The molecule has 1 aliphatic rings. The van der Waals surface area contributed by atoms with Gasteiger partial charge in [0.2, 0.25) is 0 Å². The van der Waals surface area contributed by atoms with Gasteiger partial charge in [-0.1, -0.05) is 6.07 Å². The highest BCUT2D eigenvalue weighted by Gasteiger charge is 2.34. The number of alkyl halides is 3. The highest BCUT2D eigenvalue weighted by Crippen LogP contribution is 2.27. The summed E-state index contributed by atoms with van der Waals surface area (Å²) in [4.78, 5) is 11.6. The van der Waals surface area contributed by atoms with E-state index in [1.54, 1.807) is 0 Å². The average molecular weight is 324 g/mol. The first-order valence-electron chi connectivity index (χ1n) is 6.40. The second-order valence-corrected chi connectivity index (χ2v) is 7.18. The number of sulfone groups is 1. The lowest BCUT2D eigenvalue weighted by Crippen LogP contribution is -2.36. The number of aromatic nitrogens is 1. The molecule has 1 saturated heterocycles. The highest BCUT2D eigenvalue weighted by atomic mass is 32.2. The van der Waals surface area contributed by atoms with Crippen molar-refractivity contribution < 1.29 is 21.6 Å². The van der Waals surface area contributed by atoms with E-state index in [4.69, 9.17) is 0 Å². The maximum atomic E-state index is 12.8. The Morgan fingerprint density at radius 1 is 1.33 bits per heavy atom. The minimum absolute atomic E-state index is 0.0111. The summed E-state index contributed by atoms with van der Waals surface area (Å²) in [6, 6.07) is 2.72. The molecule has 5 nitrogen and oxygen atoms in total. The lowest BCUT2D eigenvalue weighted by Gasteiger charge is -2.16. The largest absolute Gasteiger partial charge is 0.431 e. The predicted octanol–water partition coefficient (Wildman–Crippen LogP) is 0.644. The van der Waals surface area contributed by atoms with Crippen LogP contribution in [-0.4, -0.2) is 37.1 Å². The van der Waals surface area contributed by atoms with E-state index in [1.165, 1.54) is 0 Å². The molecule has 2 rings (SSSR count). The van der Waals surface area contributed by atoms with E-state index < -0.39 is 27.3 Å². The number of rotatable bonds is 4. The van der Waals surface area contributed by atoms with E-state index in [9.17, 15) is 26.4 Å². The minimum Gasteiger partial charge on any atom is -0.311 e. The molecule has 2 heterocycles. The molecule has 1 atom stereocenters. The van der Waals surface area contributed by atoms with Crippen molar-refractivity contribution in [3.8, 4) is 0 Å². The number of hydrogen-bond acceptors (Lipinski definition) is 4. The summed E-state index contributed by atoms with van der Waals surface area (Å²) >= 11 is 0. The fraction of sp³-hybridized carbons (Fsp3) is 0.583. The summed E-state index contributed by atoms with van der Waals surface area (Å²) in [7, 11) is -3.04. The number of hydrogen-bond donors (Lipinski definition) is 1. The monoisotopic (exact) mass is 324 g/mol. The molecule has 0 radical (unpaired) electrons. The van der Waals surface area contributed by atoms with Gasteiger partial charge < -0.3 is 9.88 Å². The zero-order valence-corrected chi connectivity index (χ0v) is 11.9. The Kier molecular flexibility index (Phi) is 4.43. The van der Waals surface area contributed by atoms with Gasteiger partial charge in [0.05, 0.1) is 11.5 Å². The van der Waals surface area contributed by atoms with Gasteiger partial charge >= 0.3 is 6.18 Å². The summed E-state index contributed by atoms with van der Waals surface area (Å²) in [6.45, 7) is -0.0573. The van der Waals surface area contributed by atoms with Gasteiger partial charge in [0.25, 0.3) is 5.56 Å². The molecule has 1 N–H and O–H groups in total. The first kappa shape index (κ1) is 16.0. The molecule has 0 amide bonds. The van der Waals surface area contributed by atoms with Crippen LogP contribution in [0.4, 0.5) is 13.2 Å². The van der Waals surface area contributed by atoms with Gasteiger partial charge in [-0.3, -0.25) is 4.79 Å². The van der Waals surface area contributed by atoms with Gasteiger partial charge in [-0.05, 0) is 12.5 Å². The molecule has 1 fully saturated rings. The van der Waals surface area contributed by atoms with Gasteiger partial charge in [-0.2, -0.15) is 13.2 Å². The number of nitrogens with one attached hydrogen (secondary N) is 1. The Balaban J connectivity index is 2.03. The molecule has 0 aromatic carbocycles. The normalized spacial score (nSPS) is 21.6. The molecule has 21 heavy (non-hydrogen) atoms. The van der Waals surface area contributed by atoms with E-state index in [2.05, 4.69) is 5.32 Å². The Morgan fingerprint density at radius 3 is 2.62 bits per heavy atom. The standard InChI is InChI=1S/C12H15F3N2O3S/c13-12(14,15)10-2-1-3-11(18)17(10)6-5-16-9-4-7-21(19,20)8-9/h1-3,9,16H,4-8H2. The van der Waals surface area contributed by atoms with Crippen LogP contribution in [0.15, 0.2) is 23.0 Å². The maximum absolute atomic E-state index is 12.8. The fourth-order valence-corrected chi connectivity index (χ4v) is 4.04. The third kappa shape index (κ3) is 4.07. The summed E-state index contributed by atoms with van der Waals surface area (Å²) in [5.74, 6) is 0.0760. The van der Waals surface area contributed by atoms with Crippen molar-refractivity contribution in [1.82, 2.24) is 9.88 Å². The van der Waals surface area contributed by atoms with Crippen LogP contribution in [0, 0.1) is 0 Å². The lowest BCUT2D eigenvalue weighted by atomic mass is 10.2. The molecular formula is C12H15F3N2O3S. The van der Waals surface area contributed by atoms with Crippen molar-refractivity contribution >= 4 is 9.84 Å². The SMILES string of the molecule is O=c1cccc(C(F)(F)F)n1CCNC1CCS(=O)(=O)C1. The van der Waals surface area contributed by atoms with Crippen LogP contribution in [-0.2, 0) is 22.6 Å². The summed E-state index contributed by atoms with van der Waals surface area (Å²) < 4.78 is 61.6. The minimum atomic E-state index is -4.60. The van der Waals surface area contributed by atoms with Gasteiger partial charge in [-0.15, -0.1) is 0 Å². The molecule has 9 heteroatoms. The molecule has 1 aliphatic heterocycles. The number of halogens is 3. The van der Waals surface area contributed by atoms with Gasteiger partial charge in [0, 0.05) is 25.2 Å². The van der Waals surface area contributed by atoms with Crippen LogP contribution in [0.1, 0.15) is 12.1 Å². The second-order valence-electron chi connectivity index (χ2n) is 4.95. The number of nitrogens with zero attached hydrogens (tertiary/aromatic N) is 1. The highest BCUT2D eigenvalue weighted by molar-refractivity contribution is 7.91. The molecule has 0 spiro atoms. The van der Waals surface area contributed by atoms with Crippen LogP contribution < -0.4 is 10.9 Å². The molecule has 0 saturated carbocycles. The zero-order chi connectivity index (χ0) is 15.7. The topological polar surface area (TPSA) is 68.2 Å². The quantitative estimate of drug-likeness (QED) is 0.883. The van der Waals surface area contributed by atoms with Crippen LogP contribution >= 0.6 is 0 Å². The molecule has 0 aliphatic carbocycles. The Morgan fingerprint density at radius 2 is 2.05 bits per heavy atom. The van der Waals surface area contributed by atoms with Crippen LogP contribution in [0.3, 0.4) is 0 Å². The fourth-order valence-electron chi connectivity index (χ4n) is 2.33.